The number of aliphatic hydroxyl groups excluding tert-OH is 1. The molecule has 0 unspecified atom stereocenters. The number of halogens is 3. The predicted octanol–water partition coefficient (Wildman–Crippen LogP) is 4.32. The van der Waals surface area contributed by atoms with Gasteiger partial charge in [-0.15, -0.1) is 23.2 Å². The number of alkyl halides is 3. The van der Waals surface area contributed by atoms with Crippen molar-refractivity contribution in [3.8, 4) is 0 Å². The van der Waals surface area contributed by atoms with Gasteiger partial charge in [-0.25, -0.2) is 4.39 Å². The fourth-order valence-corrected chi connectivity index (χ4v) is 8.43. The number of ketones is 2. The van der Waals surface area contributed by atoms with Gasteiger partial charge in [0.05, 0.1) is 16.9 Å². The van der Waals surface area contributed by atoms with Crippen LogP contribution >= 0.6 is 23.2 Å². The zero-order chi connectivity index (χ0) is 24.6. The topological polar surface area (TPSA) is 80.7 Å². The third-order valence-corrected chi connectivity index (χ3v) is 10.4. The number of Topliss-reactive ketones (excluding diaryl/α,β-unsaturated/α-hetero) is 1. The van der Waals surface area contributed by atoms with Crippen LogP contribution in [-0.2, 0) is 19.1 Å². The third kappa shape index (κ3) is 2.96. The van der Waals surface area contributed by atoms with Gasteiger partial charge in [-0.3, -0.25) is 14.4 Å². The van der Waals surface area contributed by atoms with E-state index in [0.29, 0.717) is 6.42 Å². The van der Waals surface area contributed by atoms with Crippen LogP contribution in [0, 0.1) is 28.6 Å². The van der Waals surface area contributed by atoms with Crippen molar-refractivity contribution in [3.05, 3.63) is 23.8 Å². The van der Waals surface area contributed by atoms with Gasteiger partial charge in [-0.1, -0.05) is 33.8 Å². The number of fused-ring (bicyclic) bond motifs is 5. The Morgan fingerprint density at radius 2 is 1.94 bits per heavy atom. The van der Waals surface area contributed by atoms with Gasteiger partial charge in [0.1, 0.15) is 6.17 Å². The van der Waals surface area contributed by atoms with Gasteiger partial charge in [0.25, 0.3) is 0 Å². The number of allylic oxidation sites excluding steroid dienone is 4. The summed E-state index contributed by atoms with van der Waals surface area (Å²) in [6.07, 6.45) is 2.42. The Morgan fingerprint density at radius 3 is 2.55 bits per heavy atom. The van der Waals surface area contributed by atoms with Crippen molar-refractivity contribution in [1.29, 1.82) is 0 Å². The van der Waals surface area contributed by atoms with Gasteiger partial charge >= 0.3 is 5.97 Å². The number of carbonyl (C=O) groups excluding carboxylic acids is 3. The molecule has 0 spiro atoms. The summed E-state index contributed by atoms with van der Waals surface area (Å²) in [5.74, 6) is -2.75. The van der Waals surface area contributed by atoms with E-state index in [1.165, 1.54) is 12.2 Å². The number of hydrogen-bond donors (Lipinski definition) is 1. The van der Waals surface area contributed by atoms with E-state index in [2.05, 4.69) is 0 Å². The maximum Gasteiger partial charge on any atom is 0.306 e. The minimum absolute atomic E-state index is 0.0168. The molecule has 0 heterocycles. The monoisotopic (exact) mass is 500 g/mol. The van der Waals surface area contributed by atoms with E-state index < -0.39 is 51.3 Å². The average Bonchev–Trinajstić information content (AvgIpc) is 2.98. The molecular weight excluding hydrogens is 470 g/mol. The molecule has 0 aliphatic heterocycles. The van der Waals surface area contributed by atoms with Crippen molar-refractivity contribution < 1.29 is 28.6 Å². The Balaban J connectivity index is 1.88. The van der Waals surface area contributed by atoms with Gasteiger partial charge in [0.2, 0.25) is 0 Å². The molecule has 4 rings (SSSR count). The van der Waals surface area contributed by atoms with E-state index in [1.54, 1.807) is 19.9 Å². The van der Waals surface area contributed by atoms with Crippen LogP contribution in [0.5, 0.6) is 0 Å². The lowest BCUT2D eigenvalue weighted by Crippen LogP contribution is -2.70. The largest absolute Gasteiger partial charge is 0.450 e. The summed E-state index contributed by atoms with van der Waals surface area (Å²) in [7, 11) is 0. The lowest BCUT2D eigenvalue weighted by Gasteiger charge is -2.64. The summed E-state index contributed by atoms with van der Waals surface area (Å²) in [5, 5.41) is 11.6. The van der Waals surface area contributed by atoms with E-state index in [0.717, 1.165) is 0 Å². The summed E-state index contributed by atoms with van der Waals surface area (Å²) in [6, 6.07) is 0. The lowest BCUT2D eigenvalue weighted by molar-refractivity contribution is -0.201. The summed E-state index contributed by atoms with van der Waals surface area (Å²) < 4.78 is 21.5. The maximum atomic E-state index is 15.6. The van der Waals surface area contributed by atoms with Crippen LogP contribution in [0.2, 0.25) is 0 Å². The number of esters is 1. The Bertz CT molecular complexity index is 964. The summed E-state index contributed by atoms with van der Waals surface area (Å²) >= 11 is 13.4. The summed E-state index contributed by atoms with van der Waals surface area (Å²) in [5.41, 5.74) is -3.28. The first-order valence-corrected chi connectivity index (χ1v) is 12.5. The minimum atomic E-state index is -1.52. The summed E-state index contributed by atoms with van der Waals surface area (Å²) in [6.45, 7) is 7.11. The molecule has 0 aromatic heterocycles. The highest BCUT2D eigenvalue weighted by atomic mass is 35.5. The van der Waals surface area contributed by atoms with E-state index in [-0.39, 0.29) is 48.3 Å². The molecule has 0 aromatic rings. The van der Waals surface area contributed by atoms with Gasteiger partial charge in [-0.2, -0.15) is 0 Å². The number of aliphatic hydroxyl groups is 1. The number of rotatable bonds is 4. The number of carbonyl (C=O) groups is 3. The fourth-order valence-electron chi connectivity index (χ4n) is 7.74. The SMILES string of the molecule is CCC(=O)O[C@]1(C(=O)CCl)[C@@H](C)C[C@H]2[C@@H]3C[C@H](F)C4=CC(=O)C=C[C@]4(C)[C@@]3(Cl)[C@@H](O)C[C@@]21C. The molecule has 4 aliphatic rings. The zero-order valence-electron chi connectivity index (χ0n) is 19.4. The minimum Gasteiger partial charge on any atom is -0.450 e. The molecule has 9 atom stereocenters. The molecule has 8 heteroatoms. The van der Waals surface area contributed by atoms with Crippen LogP contribution in [0.1, 0.15) is 53.4 Å². The second-order valence-electron chi connectivity index (χ2n) is 10.6. The molecule has 0 aromatic carbocycles. The first-order valence-electron chi connectivity index (χ1n) is 11.6. The predicted molar refractivity (Wildman–Crippen MR) is 123 cm³/mol. The van der Waals surface area contributed by atoms with E-state index in [4.69, 9.17) is 27.9 Å². The zero-order valence-corrected chi connectivity index (χ0v) is 20.9. The van der Waals surface area contributed by atoms with Crippen molar-refractivity contribution in [1.82, 2.24) is 0 Å². The fraction of sp³-hybridized carbons (Fsp3) is 0.720. The Labute approximate surface area is 203 Å². The van der Waals surface area contributed by atoms with Gasteiger partial charge < -0.3 is 9.84 Å². The maximum absolute atomic E-state index is 15.6. The van der Waals surface area contributed by atoms with Crippen LogP contribution in [0.3, 0.4) is 0 Å². The smallest absolute Gasteiger partial charge is 0.306 e. The highest BCUT2D eigenvalue weighted by molar-refractivity contribution is 6.29. The van der Waals surface area contributed by atoms with Crippen molar-refractivity contribution in [2.45, 2.75) is 76.1 Å². The second kappa shape index (κ2) is 7.89. The molecular formula is C25H31Cl2FO5. The number of hydrogen-bond acceptors (Lipinski definition) is 5. The molecule has 1 N–H and O–H groups in total. The first-order chi connectivity index (χ1) is 15.3. The molecule has 33 heavy (non-hydrogen) atoms. The van der Waals surface area contributed by atoms with Gasteiger partial charge in [0, 0.05) is 23.2 Å². The molecule has 3 saturated carbocycles. The van der Waals surface area contributed by atoms with Gasteiger partial charge in [0.15, 0.2) is 17.2 Å². The standard InChI is InChI=1S/C25H31Cl2FO5/c1-5-21(32)33-25(20(31)12-26)13(2)8-15-16-10-18(28)17-9-14(29)6-7-22(17,3)24(16,27)19(30)11-23(15,25)4/h6-7,9,13,15-16,18-19,30H,5,8,10-12H2,1-4H3/t13-,15-,16-,18-,19-,22-,23-,24-,25-/m0/s1. The molecule has 0 saturated heterocycles. The van der Waals surface area contributed by atoms with E-state index in [9.17, 15) is 19.5 Å². The third-order valence-electron chi connectivity index (χ3n) is 9.27. The molecule has 0 bridgehead atoms. The first kappa shape index (κ1) is 24.9. The van der Waals surface area contributed by atoms with Crippen molar-refractivity contribution in [3.63, 3.8) is 0 Å². The molecule has 3 fully saturated rings. The lowest BCUT2D eigenvalue weighted by atomic mass is 9.45. The van der Waals surface area contributed by atoms with Crippen LogP contribution in [0.25, 0.3) is 0 Å². The van der Waals surface area contributed by atoms with E-state index >= 15 is 4.39 Å². The number of ether oxygens (including phenoxy) is 1. The molecule has 4 aliphatic carbocycles. The quantitative estimate of drug-likeness (QED) is 0.459. The van der Waals surface area contributed by atoms with Crippen molar-refractivity contribution in [2.75, 3.05) is 5.88 Å². The summed E-state index contributed by atoms with van der Waals surface area (Å²) in [4.78, 5) is 36.6. The molecule has 182 valence electrons. The highest BCUT2D eigenvalue weighted by Gasteiger charge is 2.77. The Hall–Kier alpha value is -1.24. The average molecular weight is 501 g/mol. The second-order valence-corrected chi connectivity index (χ2v) is 11.5. The normalized spacial score (nSPS) is 48.4. The van der Waals surface area contributed by atoms with Crippen molar-refractivity contribution >= 4 is 40.7 Å². The van der Waals surface area contributed by atoms with Crippen LogP contribution in [-0.4, -0.2) is 51.3 Å². The van der Waals surface area contributed by atoms with Crippen LogP contribution < -0.4 is 0 Å². The van der Waals surface area contributed by atoms with Gasteiger partial charge in [-0.05, 0) is 48.8 Å². The molecule has 5 nitrogen and oxygen atoms in total. The van der Waals surface area contributed by atoms with Crippen LogP contribution in [0.15, 0.2) is 23.8 Å². The van der Waals surface area contributed by atoms with Crippen molar-refractivity contribution in [2.24, 2.45) is 28.6 Å². The van der Waals surface area contributed by atoms with Crippen LogP contribution in [0.4, 0.5) is 4.39 Å². The van der Waals surface area contributed by atoms with E-state index in [1.807, 2.05) is 13.8 Å². The molecule has 0 amide bonds. The Morgan fingerprint density at radius 1 is 1.27 bits per heavy atom. The highest BCUT2D eigenvalue weighted by Crippen LogP contribution is 2.72. The Kier molecular flexibility index (Phi) is 5.95. The molecule has 0 radical (unpaired) electrons.